The smallest absolute Gasteiger partial charge is 0.338 e. The molecule has 0 aliphatic carbocycles. The lowest BCUT2D eigenvalue weighted by atomic mass is 10.1. The predicted octanol–water partition coefficient (Wildman–Crippen LogP) is 3.54. The Bertz CT molecular complexity index is 1280. The number of hydrogen-bond donors (Lipinski definition) is 1. The minimum absolute atomic E-state index is 0.0967. The monoisotopic (exact) mass is 434 g/mol. The first-order valence-electron chi connectivity index (χ1n) is 9.33. The molecular formula is C23H15FN2O6. The standard InChI is InChI=1S/C23H15FN2O6/c1-31-22(29)17-5-3-2-4-16(17)19-11-10-15(32-19)12-18-20(27)25-23(30)26(21(18)28)14-8-6-13(24)7-9-14/h2-12H,1H3,(H,25,27,30)/b18-12+. The molecule has 9 heteroatoms. The van der Waals surface area contributed by atoms with E-state index in [9.17, 15) is 23.6 Å². The highest BCUT2D eigenvalue weighted by atomic mass is 19.1. The molecule has 0 spiro atoms. The van der Waals surface area contributed by atoms with Gasteiger partial charge in [0.1, 0.15) is 22.9 Å². The van der Waals surface area contributed by atoms with Gasteiger partial charge in [0.2, 0.25) is 0 Å². The van der Waals surface area contributed by atoms with Gasteiger partial charge in [-0.05, 0) is 48.5 Å². The van der Waals surface area contributed by atoms with Crippen molar-refractivity contribution < 1.29 is 32.7 Å². The van der Waals surface area contributed by atoms with Gasteiger partial charge < -0.3 is 9.15 Å². The maximum Gasteiger partial charge on any atom is 0.338 e. The van der Waals surface area contributed by atoms with Gasteiger partial charge in [0.15, 0.2) is 0 Å². The van der Waals surface area contributed by atoms with Gasteiger partial charge in [-0.2, -0.15) is 0 Å². The van der Waals surface area contributed by atoms with Crippen molar-refractivity contribution >= 4 is 35.6 Å². The Balaban J connectivity index is 1.69. The van der Waals surface area contributed by atoms with Gasteiger partial charge in [-0.1, -0.05) is 18.2 Å². The molecule has 0 unspecified atom stereocenters. The number of carbonyl (C=O) groups excluding carboxylic acids is 4. The molecule has 3 aromatic rings. The van der Waals surface area contributed by atoms with Crippen molar-refractivity contribution in [3.63, 3.8) is 0 Å². The number of esters is 1. The van der Waals surface area contributed by atoms with E-state index in [-0.39, 0.29) is 22.6 Å². The zero-order chi connectivity index (χ0) is 22.8. The molecule has 2 aromatic carbocycles. The summed E-state index contributed by atoms with van der Waals surface area (Å²) >= 11 is 0. The molecule has 0 bridgehead atoms. The van der Waals surface area contributed by atoms with E-state index in [2.05, 4.69) is 5.32 Å². The first kappa shape index (κ1) is 20.7. The minimum Gasteiger partial charge on any atom is -0.465 e. The average Bonchev–Trinajstić information content (AvgIpc) is 3.26. The van der Waals surface area contributed by atoms with E-state index in [1.807, 2.05) is 0 Å². The zero-order valence-electron chi connectivity index (χ0n) is 16.6. The lowest BCUT2D eigenvalue weighted by Gasteiger charge is -2.26. The van der Waals surface area contributed by atoms with Gasteiger partial charge in [-0.3, -0.25) is 14.9 Å². The Hall–Kier alpha value is -4.53. The number of methoxy groups -OCH3 is 1. The molecule has 4 amide bonds. The fraction of sp³-hybridized carbons (Fsp3) is 0.0435. The molecule has 160 valence electrons. The van der Waals surface area contributed by atoms with Gasteiger partial charge in [0.05, 0.1) is 18.4 Å². The summed E-state index contributed by atoms with van der Waals surface area (Å²) in [6, 6.07) is 13.4. The summed E-state index contributed by atoms with van der Waals surface area (Å²) in [4.78, 5) is 50.1. The number of rotatable bonds is 4. The summed E-state index contributed by atoms with van der Waals surface area (Å²) in [5, 5.41) is 2.08. The number of carbonyl (C=O) groups is 4. The van der Waals surface area contributed by atoms with Gasteiger partial charge in [-0.25, -0.2) is 18.9 Å². The number of halogens is 1. The Morgan fingerprint density at radius 1 is 1.03 bits per heavy atom. The lowest BCUT2D eigenvalue weighted by Crippen LogP contribution is -2.54. The van der Waals surface area contributed by atoms with Crippen molar-refractivity contribution in [1.82, 2.24) is 5.32 Å². The second-order valence-corrected chi connectivity index (χ2v) is 6.67. The van der Waals surface area contributed by atoms with Crippen LogP contribution in [0.25, 0.3) is 17.4 Å². The molecule has 0 saturated carbocycles. The average molecular weight is 434 g/mol. The summed E-state index contributed by atoms with van der Waals surface area (Å²) in [5.74, 6) is -2.42. The molecule has 0 atom stereocenters. The van der Waals surface area contributed by atoms with Crippen LogP contribution in [-0.2, 0) is 14.3 Å². The number of nitrogens with zero attached hydrogens (tertiary/aromatic N) is 1. The molecule has 1 N–H and O–H groups in total. The highest BCUT2D eigenvalue weighted by Gasteiger charge is 2.37. The summed E-state index contributed by atoms with van der Waals surface area (Å²) in [6.07, 6.45) is 1.19. The van der Waals surface area contributed by atoms with Crippen LogP contribution in [0.2, 0.25) is 0 Å². The topological polar surface area (TPSA) is 106 Å². The first-order valence-corrected chi connectivity index (χ1v) is 9.33. The number of barbiturate groups is 1. The SMILES string of the molecule is COC(=O)c1ccccc1-c1ccc(/C=C2\C(=O)NC(=O)N(c3ccc(F)cc3)C2=O)o1. The maximum absolute atomic E-state index is 13.2. The maximum atomic E-state index is 13.2. The van der Waals surface area contributed by atoms with Crippen molar-refractivity contribution in [3.8, 4) is 11.3 Å². The van der Waals surface area contributed by atoms with Crippen molar-refractivity contribution in [1.29, 1.82) is 0 Å². The Labute approximate surface area is 180 Å². The molecule has 32 heavy (non-hydrogen) atoms. The molecule has 2 heterocycles. The summed E-state index contributed by atoms with van der Waals surface area (Å²) < 4.78 is 23.7. The highest BCUT2D eigenvalue weighted by Crippen LogP contribution is 2.28. The Kier molecular flexibility index (Phi) is 5.38. The number of imide groups is 2. The fourth-order valence-corrected chi connectivity index (χ4v) is 3.19. The largest absolute Gasteiger partial charge is 0.465 e. The van der Waals surface area contributed by atoms with Crippen LogP contribution in [0.1, 0.15) is 16.1 Å². The van der Waals surface area contributed by atoms with Crippen LogP contribution in [0.3, 0.4) is 0 Å². The summed E-state index contributed by atoms with van der Waals surface area (Å²) in [6.45, 7) is 0. The van der Waals surface area contributed by atoms with Crippen LogP contribution in [0, 0.1) is 5.82 Å². The van der Waals surface area contributed by atoms with Crippen LogP contribution < -0.4 is 10.2 Å². The molecule has 1 fully saturated rings. The van der Waals surface area contributed by atoms with E-state index in [0.717, 1.165) is 17.0 Å². The predicted molar refractivity (Wildman–Crippen MR) is 111 cm³/mol. The number of hydrogen-bond acceptors (Lipinski definition) is 6. The third-order valence-electron chi connectivity index (χ3n) is 4.70. The van der Waals surface area contributed by atoms with Gasteiger partial charge in [0.25, 0.3) is 11.8 Å². The highest BCUT2D eigenvalue weighted by molar-refractivity contribution is 6.39. The number of ether oxygens (including phenoxy) is 1. The van der Waals surface area contributed by atoms with Gasteiger partial charge in [-0.15, -0.1) is 0 Å². The molecular weight excluding hydrogens is 419 g/mol. The van der Waals surface area contributed by atoms with Crippen molar-refractivity contribution in [2.45, 2.75) is 0 Å². The van der Waals surface area contributed by atoms with E-state index in [0.29, 0.717) is 11.3 Å². The quantitative estimate of drug-likeness (QED) is 0.383. The molecule has 1 aromatic heterocycles. The fourth-order valence-electron chi connectivity index (χ4n) is 3.19. The van der Waals surface area contributed by atoms with Crippen LogP contribution >= 0.6 is 0 Å². The second-order valence-electron chi connectivity index (χ2n) is 6.67. The Morgan fingerprint density at radius 3 is 2.47 bits per heavy atom. The van der Waals surface area contributed by atoms with Gasteiger partial charge in [0, 0.05) is 5.56 Å². The van der Waals surface area contributed by atoms with Crippen LogP contribution in [0.5, 0.6) is 0 Å². The van der Waals surface area contributed by atoms with E-state index in [1.165, 1.54) is 31.4 Å². The number of nitrogens with one attached hydrogen (secondary N) is 1. The number of benzene rings is 2. The van der Waals surface area contributed by atoms with E-state index in [4.69, 9.17) is 9.15 Å². The first-order chi connectivity index (χ1) is 15.4. The normalized spacial score (nSPS) is 15.1. The van der Waals surface area contributed by atoms with E-state index >= 15 is 0 Å². The third-order valence-corrected chi connectivity index (χ3v) is 4.70. The van der Waals surface area contributed by atoms with Crippen LogP contribution in [0.4, 0.5) is 14.9 Å². The van der Waals surface area contributed by atoms with Gasteiger partial charge >= 0.3 is 12.0 Å². The summed E-state index contributed by atoms with van der Waals surface area (Å²) in [5.41, 5.74) is 0.491. The molecule has 1 aliphatic rings. The van der Waals surface area contributed by atoms with E-state index in [1.54, 1.807) is 30.3 Å². The zero-order valence-corrected chi connectivity index (χ0v) is 16.6. The minimum atomic E-state index is -0.948. The number of urea groups is 1. The molecule has 4 rings (SSSR count). The second kappa shape index (κ2) is 8.31. The number of furan rings is 1. The number of anilines is 1. The molecule has 1 aliphatic heterocycles. The van der Waals surface area contributed by atoms with Crippen LogP contribution in [0.15, 0.2) is 70.7 Å². The number of amides is 4. The molecule has 8 nitrogen and oxygen atoms in total. The third kappa shape index (κ3) is 3.79. The van der Waals surface area contributed by atoms with E-state index < -0.39 is 29.6 Å². The molecule has 1 saturated heterocycles. The van der Waals surface area contributed by atoms with Crippen molar-refractivity contribution in [3.05, 3.63) is 83.4 Å². The van der Waals surface area contributed by atoms with Crippen molar-refractivity contribution in [2.24, 2.45) is 0 Å². The Morgan fingerprint density at radius 2 is 1.75 bits per heavy atom. The van der Waals surface area contributed by atoms with Crippen molar-refractivity contribution in [2.75, 3.05) is 12.0 Å². The lowest BCUT2D eigenvalue weighted by molar-refractivity contribution is -0.122. The molecule has 0 radical (unpaired) electrons. The van der Waals surface area contributed by atoms with Crippen LogP contribution in [-0.4, -0.2) is 30.9 Å². The summed E-state index contributed by atoms with van der Waals surface area (Å²) in [7, 11) is 1.26.